The van der Waals surface area contributed by atoms with Crippen LogP contribution < -0.4 is 0 Å². The second-order valence-electron chi connectivity index (χ2n) is 3.56. The fraction of sp³-hybridized carbons (Fsp3) is 0.800. The number of methoxy groups -OCH3 is 1. The summed E-state index contributed by atoms with van der Waals surface area (Å²) in [6, 6.07) is 0. The van der Waals surface area contributed by atoms with Crippen LogP contribution in [0, 0.1) is 5.92 Å². The summed E-state index contributed by atoms with van der Waals surface area (Å²) < 4.78 is 5.29. The van der Waals surface area contributed by atoms with E-state index < -0.39 is 0 Å². The van der Waals surface area contributed by atoms with E-state index in [0.29, 0.717) is 6.10 Å². The number of hydrogen-bond donors (Lipinski definition) is 0. The zero-order valence-electron chi connectivity index (χ0n) is 8.10. The van der Waals surface area contributed by atoms with Crippen molar-refractivity contribution in [1.29, 1.82) is 0 Å². The highest BCUT2D eigenvalue weighted by molar-refractivity contribution is 4.98. The summed E-state index contributed by atoms with van der Waals surface area (Å²) in [5.41, 5.74) is 1.35. The van der Waals surface area contributed by atoms with Crippen LogP contribution in [0.3, 0.4) is 0 Å². The lowest BCUT2D eigenvalue weighted by molar-refractivity contribution is 0.0614. The van der Waals surface area contributed by atoms with Gasteiger partial charge in [-0.25, -0.2) is 0 Å². The summed E-state index contributed by atoms with van der Waals surface area (Å²) in [6.07, 6.45) is 5.49. The summed E-state index contributed by atoms with van der Waals surface area (Å²) in [5, 5.41) is 0. The van der Waals surface area contributed by atoms with Gasteiger partial charge in [0.15, 0.2) is 0 Å². The lowest BCUT2D eigenvalue weighted by atomic mass is 9.83. The number of hydrogen-bond acceptors (Lipinski definition) is 1. The minimum Gasteiger partial charge on any atom is -0.412 e. The van der Waals surface area contributed by atoms with Crippen molar-refractivity contribution in [3.05, 3.63) is 12.2 Å². The van der Waals surface area contributed by atoms with E-state index >= 15 is 0 Å². The third-order valence-corrected chi connectivity index (χ3v) is 2.70. The number of rotatable bonds is 2. The third kappa shape index (κ3) is 2.95. The van der Waals surface area contributed by atoms with Crippen molar-refractivity contribution >= 4 is 0 Å². The standard InChI is InChI=1S/C10H18O.H2O/c1-8(2)9-4-6-10(11-3)7-5-9;/h9-10H,1,4-7H2,2-3H3;1H2. The highest BCUT2D eigenvalue weighted by Gasteiger charge is 2.20. The molecule has 0 amide bonds. The first-order valence-corrected chi connectivity index (χ1v) is 4.42. The van der Waals surface area contributed by atoms with Gasteiger partial charge in [0, 0.05) is 7.11 Å². The number of ether oxygens (including phenoxy) is 1. The summed E-state index contributed by atoms with van der Waals surface area (Å²) in [4.78, 5) is 0. The minimum atomic E-state index is 0. The average molecular weight is 172 g/mol. The molecule has 2 N–H and O–H groups in total. The molecule has 0 aromatic heterocycles. The first-order valence-electron chi connectivity index (χ1n) is 4.42. The summed E-state index contributed by atoms with van der Waals surface area (Å²) in [5.74, 6) is 0.765. The Morgan fingerprint density at radius 1 is 1.25 bits per heavy atom. The van der Waals surface area contributed by atoms with Gasteiger partial charge in [-0.1, -0.05) is 12.2 Å². The van der Waals surface area contributed by atoms with Gasteiger partial charge in [-0.3, -0.25) is 0 Å². The van der Waals surface area contributed by atoms with Crippen molar-refractivity contribution in [2.45, 2.75) is 38.7 Å². The van der Waals surface area contributed by atoms with Gasteiger partial charge in [0.25, 0.3) is 0 Å². The Labute approximate surface area is 74.9 Å². The third-order valence-electron chi connectivity index (χ3n) is 2.70. The minimum absolute atomic E-state index is 0. The molecule has 72 valence electrons. The molecule has 0 atom stereocenters. The monoisotopic (exact) mass is 172 g/mol. The van der Waals surface area contributed by atoms with Crippen molar-refractivity contribution in [2.24, 2.45) is 5.92 Å². The molecule has 1 fully saturated rings. The molecule has 0 saturated heterocycles. The van der Waals surface area contributed by atoms with Gasteiger partial charge in [0.1, 0.15) is 0 Å². The highest BCUT2D eigenvalue weighted by Crippen LogP contribution is 2.29. The van der Waals surface area contributed by atoms with Gasteiger partial charge in [-0.15, -0.1) is 0 Å². The quantitative estimate of drug-likeness (QED) is 0.587. The Bertz CT molecular complexity index is 135. The van der Waals surface area contributed by atoms with E-state index in [-0.39, 0.29) is 5.48 Å². The fourth-order valence-electron chi connectivity index (χ4n) is 1.79. The van der Waals surface area contributed by atoms with Crippen molar-refractivity contribution in [3.8, 4) is 0 Å². The molecular formula is C10H20O2. The van der Waals surface area contributed by atoms with E-state index in [9.17, 15) is 0 Å². The van der Waals surface area contributed by atoms with E-state index in [0.717, 1.165) is 5.92 Å². The Hall–Kier alpha value is -0.340. The Morgan fingerprint density at radius 3 is 2.08 bits per heavy atom. The lowest BCUT2D eigenvalue weighted by Gasteiger charge is -2.27. The molecule has 0 radical (unpaired) electrons. The molecule has 0 heterocycles. The van der Waals surface area contributed by atoms with Crippen LogP contribution in [0.4, 0.5) is 0 Å². The maximum atomic E-state index is 5.29. The Kier molecular flexibility index (Phi) is 5.18. The molecular weight excluding hydrogens is 152 g/mol. The van der Waals surface area contributed by atoms with Gasteiger partial charge in [0.2, 0.25) is 0 Å². The molecule has 12 heavy (non-hydrogen) atoms. The van der Waals surface area contributed by atoms with Gasteiger partial charge >= 0.3 is 0 Å². The fourth-order valence-corrected chi connectivity index (χ4v) is 1.79. The molecule has 2 nitrogen and oxygen atoms in total. The van der Waals surface area contributed by atoms with Crippen LogP contribution >= 0.6 is 0 Å². The molecule has 0 spiro atoms. The maximum Gasteiger partial charge on any atom is 0.0571 e. The van der Waals surface area contributed by atoms with Crippen LogP contribution in [0.1, 0.15) is 32.6 Å². The summed E-state index contributed by atoms with van der Waals surface area (Å²) in [7, 11) is 1.81. The summed E-state index contributed by atoms with van der Waals surface area (Å²) in [6.45, 7) is 6.13. The Morgan fingerprint density at radius 2 is 1.75 bits per heavy atom. The zero-order valence-corrected chi connectivity index (χ0v) is 8.10. The van der Waals surface area contributed by atoms with E-state index in [1.807, 2.05) is 7.11 Å². The van der Waals surface area contributed by atoms with E-state index in [2.05, 4.69) is 13.5 Å². The van der Waals surface area contributed by atoms with Crippen molar-refractivity contribution in [2.75, 3.05) is 7.11 Å². The molecule has 0 aromatic carbocycles. The molecule has 2 heteroatoms. The van der Waals surface area contributed by atoms with Gasteiger partial charge < -0.3 is 10.2 Å². The van der Waals surface area contributed by atoms with Gasteiger partial charge in [-0.05, 0) is 38.5 Å². The first kappa shape index (κ1) is 11.7. The van der Waals surface area contributed by atoms with E-state index in [1.165, 1.54) is 31.3 Å². The first-order chi connectivity index (χ1) is 5.24. The smallest absolute Gasteiger partial charge is 0.0571 e. The predicted molar refractivity (Wildman–Crippen MR) is 51.2 cm³/mol. The van der Waals surface area contributed by atoms with E-state index in [1.54, 1.807) is 0 Å². The van der Waals surface area contributed by atoms with Crippen molar-refractivity contribution in [3.63, 3.8) is 0 Å². The van der Waals surface area contributed by atoms with Gasteiger partial charge in [-0.2, -0.15) is 0 Å². The second-order valence-corrected chi connectivity index (χ2v) is 3.56. The zero-order chi connectivity index (χ0) is 8.27. The van der Waals surface area contributed by atoms with Crippen molar-refractivity contribution in [1.82, 2.24) is 0 Å². The van der Waals surface area contributed by atoms with Crippen molar-refractivity contribution < 1.29 is 10.2 Å². The average Bonchev–Trinajstić information content (AvgIpc) is 2.05. The van der Waals surface area contributed by atoms with Crippen LogP contribution in [0.2, 0.25) is 0 Å². The molecule has 0 unspecified atom stereocenters. The topological polar surface area (TPSA) is 40.7 Å². The molecule has 1 saturated carbocycles. The van der Waals surface area contributed by atoms with Gasteiger partial charge in [0.05, 0.1) is 6.10 Å². The van der Waals surface area contributed by atoms with Crippen LogP contribution in [0.5, 0.6) is 0 Å². The highest BCUT2D eigenvalue weighted by atomic mass is 16.5. The van der Waals surface area contributed by atoms with Crippen LogP contribution in [0.15, 0.2) is 12.2 Å². The molecule has 0 bridgehead atoms. The molecule has 1 aliphatic carbocycles. The largest absolute Gasteiger partial charge is 0.412 e. The molecule has 0 aromatic rings. The predicted octanol–water partition coefficient (Wildman–Crippen LogP) is 1.94. The lowest BCUT2D eigenvalue weighted by Crippen LogP contribution is -2.20. The number of allylic oxidation sites excluding steroid dienone is 1. The SMILES string of the molecule is C=C(C)C1CCC(OC)CC1.O. The van der Waals surface area contributed by atoms with Crippen LogP contribution in [0.25, 0.3) is 0 Å². The maximum absolute atomic E-state index is 5.29. The van der Waals surface area contributed by atoms with Crippen LogP contribution in [-0.2, 0) is 4.74 Å². The van der Waals surface area contributed by atoms with E-state index in [4.69, 9.17) is 4.74 Å². The molecule has 1 rings (SSSR count). The molecule has 0 aliphatic heterocycles. The Balaban J connectivity index is 0.00000121. The van der Waals surface area contributed by atoms with Crippen LogP contribution in [-0.4, -0.2) is 18.7 Å². The second kappa shape index (κ2) is 5.33. The molecule has 1 aliphatic rings. The summed E-state index contributed by atoms with van der Waals surface area (Å²) >= 11 is 0. The normalized spacial score (nSPS) is 29.2.